The van der Waals surface area contributed by atoms with Crippen LogP contribution in [0.1, 0.15) is 17.3 Å². The number of aromatic nitrogens is 1. The third kappa shape index (κ3) is 2.34. The van der Waals surface area contributed by atoms with Gasteiger partial charge in [0.2, 0.25) is 0 Å². The van der Waals surface area contributed by atoms with Gasteiger partial charge in [-0.15, -0.1) is 0 Å². The quantitative estimate of drug-likeness (QED) is 0.805. The highest BCUT2D eigenvalue weighted by molar-refractivity contribution is 5.99. The van der Waals surface area contributed by atoms with E-state index in [2.05, 4.69) is 15.0 Å². The number of nitrogens with one attached hydrogen (secondary N) is 2. The lowest BCUT2D eigenvalue weighted by Crippen LogP contribution is -2.39. The molecule has 2 N–H and O–H groups in total. The number of fused-ring (bicyclic) bond motifs is 1. The number of amides is 1. The van der Waals surface area contributed by atoms with E-state index in [4.69, 9.17) is 0 Å². The Kier molecular flexibility index (Phi) is 3.32. The molecule has 0 aliphatic carbocycles. The predicted molar refractivity (Wildman–Crippen MR) is 67.2 cm³/mol. The first kappa shape index (κ1) is 12.2. The van der Waals surface area contributed by atoms with E-state index in [1.165, 1.54) is 7.11 Å². The summed E-state index contributed by atoms with van der Waals surface area (Å²) in [6.07, 6.45) is 1.81. The molecular formula is C13H14N2O3. The van der Waals surface area contributed by atoms with Gasteiger partial charge in [0.15, 0.2) is 0 Å². The zero-order valence-corrected chi connectivity index (χ0v) is 10.2. The number of H-pyrrole nitrogens is 1. The third-order valence-corrected chi connectivity index (χ3v) is 2.72. The Balaban J connectivity index is 2.15. The fourth-order valence-corrected chi connectivity index (χ4v) is 1.71. The van der Waals surface area contributed by atoms with E-state index in [1.807, 2.05) is 18.3 Å². The second-order valence-corrected chi connectivity index (χ2v) is 4.00. The Morgan fingerprint density at radius 3 is 2.83 bits per heavy atom. The number of ether oxygens (including phenoxy) is 1. The molecule has 2 rings (SSSR count). The summed E-state index contributed by atoms with van der Waals surface area (Å²) in [5.41, 5.74) is 1.48. The zero-order chi connectivity index (χ0) is 13.1. The maximum Gasteiger partial charge on any atom is 0.328 e. The normalized spacial score (nSPS) is 12.1. The highest BCUT2D eigenvalue weighted by atomic mass is 16.5. The predicted octanol–water partition coefficient (Wildman–Crippen LogP) is 1.46. The molecule has 5 heteroatoms. The molecule has 1 aromatic heterocycles. The molecule has 94 valence electrons. The van der Waals surface area contributed by atoms with Gasteiger partial charge < -0.3 is 15.0 Å². The molecule has 2 aromatic rings. The number of aromatic amines is 1. The summed E-state index contributed by atoms with van der Waals surface area (Å²) in [5, 5.41) is 3.53. The highest BCUT2D eigenvalue weighted by Gasteiger charge is 2.16. The van der Waals surface area contributed by atoms with Crippen LogP contribution in [0.5, 0.6) is 0 Å². The van der Waals surface area contributed by atoms with Crippen LogP contribution < -0.4 is 5.32 Å². The molecule has 1 heterocycles. The molecule has 0 spiro atoms. The molecule has 0 saturated carbocycles. The van der Waals surface area contributed by atoms with Crippen molar-refractivity contribution in [2.24, 2.45) is 0 Å². The largest absolute Gasteiger partial charge is 0.467 e. The average Bonchev–Trinajstić information content (AvgIpc) is 2.84. The second-order valence-electron chi connectivity index (χ2n) is 4.00. The molecule has 0 unspecified atom stereocenters. The molecule has 5 nitrogen and oxygen atoms in total. The minimum absolute atomic E-state index is 0.295. The lowest BCUT2D eigenvalue weighted by Gasteiger charge is -2.11. The topological polar surface area (TPSA) is 71.2 Å². The van der Waals surface area contributed by atoms with Crippen LogP contribution in [-0.4, -0.2) is 30.0 Å². The first-order chi connectivity index (χ1) is 8.61. The number of benzene rings is 1. The van der Waals surface area contributed by atoms with Crippen LogP contribution in [0.2, 0.25) is 0 Å². The maximum atomic E-state index is 11.9. The van der Waals surface area contributed by atoms with Gasteiger partial charge in [-0.1, -0.05) is 0 Å². The molecule has 1 amide bonds. The molecular weight excluding hydrogens is 232 g/mol. The van der Waals surface area contributed by atoms with E-state index in [0.717, 1.165) is 10.9 Å². The summed E-state index contributed by atoms with van der Waals surface area (Å²) in [5.74, 6) is -0.762. The molecule has 0 saturated heterocycles. The zero-order valence-electron chi connectivity index (χ0n) is 10.2. The van der Waals surface area contributed by atoms with Gasteiger partial charge in [0.25, 0.3) is 5.91 Å². The van der Waals surface area contributed by atoms with E-state index in [9.17, 15) is 9.59 Å². The van der Waals surface area contributed by atoms with E-state index >= 15 is 0 Å². The van der Waals surface area contributed by atoms with Gasteiger partial charge in [0, 0.05) is 22.7 Å². The minimum atomic E-state index is -0.663. The number of methoxy groups -OCH3 is 1. The Bertz CT molecular complexity index is 589. The van der Waals surface area contributed by atoms with Crippen LogP contribution in [0.25, 0.3) is 10.9 Å². The molecule has 0 bridgehead atoms. The van der Waals surface area contributed by atoms with Crippen molar-refractivity contribution < 1.29 is 14.3 Å². The lowest BCUT2D eigenvalue weighted by atomic mass is 10.1. The lowest BCUT2D eigenvalue weighted by molar-refractivity contribution is -0.142. The summed E-state index contributed by atoms with van der Waals surface area (Å²) in [6.45, 7) is 1.58. The van der Waals surface area contributed by atoms with Crippen molar-refractivity contribution in [3.63, 3.8) is 0 Å². The Morgan fingerprint density at radius 2 is 2.11 bits per heavy atom. The molecule has 0 fully saturated rings. The van der Waals surface area contributed by atoms with Crippen LogP contribution in [-0.2, 0) is 9.53 Å². The van der Waals surface area contributed by atoms with Crippen molar-refractivity contribution in [3.05, 3.63) is 36.0 Å². The van der Waals surface area contributed by atoms with E-state index in [-0.39, 0.29) is 5.91 Å². The smallest absolute Gasteiger partial charge is 0.328 e. The standard InChI is InChI=1S/C13H14N2O3/c1-8(13(17)18-2)15-12(16)10-3-4-11-9(7-10)5-6-14-11/h3-8,14H,1-2H3,(H,15,16)/t8-/m1/s1. The minimum Gasteiger partial charge on any atom is -0.467 e. The Labute approximate surface area is 104 Å². The fourth-order valence-electron chi connectivity index (χ4n) is 1.71. The van der Waals surface area contributed by atoms with Gasteiger partial charge in [-0.25, -0.2) is 4.79 Å². The number of hydrogen-bond acceptors (Lipinski definition) is 3. The summed E-state index contributed by atoms with van der Waals surface area (Å²) >= 11 is 0. The number of carbonyl (C=O) groups is 2. The SMILES string of the molecule is COC(=O)[C@@H](C)NC(=O)c1ccc2[nH]ccc2c1. The number of esters is 1. The fraction of sp³-hybridized carbons (Fsp3) is 0.231. The first-order valence-electron chi connectivity index (χ1n) is 5.57. The van der Waals surface area contributed by atoms with E-state index in [1.54, 1.807) is 19.1 Å². The molecule has 0 aliphatic rings. The van der Waals surface area contributed by atoms with Gasteiger partial charge >= 0.3 is 5.97 Å². The van der Waals surface area contributed by atoms with Crippen molar-refractivity contribution in [3.8, 4) is 0 Å². The molecule has 0 aliphatic heterocycles. The van der Waals surface area contributed by atoms with Crippen molar-refractivity contribution in [2.45, 2.75) is 13.0 Å². The van der Waals surface area contributed by atoms with Gasteiger partial charge in [0.05, 0.1) is 7.11 Å². The summed E-state index contributed by atoms with van der Waals surface area (Å²) in [6, 6.07) is 6.52. The van der Waals surface area contributed by atoms with E-state index in [0.29, 0.717) is 5.56 Å². The monoisotopic (exact) mass is 246 g/mol. The van der Waals surface area contributed by atoms with Crippen LogP contribution >= 0.6 is 0 Å². The molecule has 0 radical (unpaired) electrons. The van der Waals surface area contributed by atoms with Crippen molar-refractivity contribution in [1.82, 2.24) is 10.3 Å². The van der Waals surface area contributed by atoms with Crippen LogP contribution in [0, 0.1) is 0 Å². The van der Waals surface area contributed by atoms with E-state index < -0.39 is 12.0 Å². The van der Waals surface area contributed by atoms with Gasteiger partial charge in [-0.05, 0) is 31.2 Å². The summed E-state index contributed by atoms with van der Waals surface area (Å²) in [4.78, 5) is 26.2. The highest BCUT2D eigenvalue weighted by Crippen LogP contribution is 2.14. The van der Waals surface area contributed by atoms with Crippen LogP contribution in [0.15, 0.2) is 30.5 Å². The average molecular weight is 246 g/mol. The Hall–Kier alpha value is -2.30. The number of hydrogen-bond donors (Lipinski definition) is 2. The van der Waals surface area contributed by atoms with Crippen LogP contribution in [0.4, 0.5) is 0 Å². The van der Waals surface area contributed by atoms with Gasteiger partial charge in [-0.3, -0.25) is 4.79 Å². The maximum absolute atomic E-state index is 11.9. The number of rotatable bonds is 3. The first-order valence-corrected chi connectivity index (χ1v) is 5.57. The Morgan fingerprint density at radius 1 is 1.33 bits per heavy atom. The van der Waals surface area contributed by atoms with Crippen LogP contribution in [0.3, 0.4) is 0 Å². The second kappa shape index (κ2) is 4.91. The van der Waals surface area contributed by atoms with Gasteiger partial charge in [-0.2, -0.15) is 0 Å². The van der Waals surface area contributed by atoms with Crippen molar-refractivity contribution >= 4 is 22.8 Å². The van der Waals surface area contributed by atoms with Crippen molar-refractivity contribution in [1.29, 1.82) is 0 Å². The summed E-state index contributed by atoms with van der Waals surface area (Å²) in [7, 11) is 1.29. The number of carbonyl (C=O) groups excluding carboxylic acids is 2. The third-order valence-electron chi connectivity index (χ3n) is 2.72. The summed E-state index contributed by atoms with van der Waals surface area (Å²) < 4.78 is 4.55. The van der Waals surface area contributed by atoms with Gasteiger partial charge in [0.1, 0.15) is 6.04 Å². The molecule has 18 heavy (non-hydrogen) atoms. The molecule has 1 aromatic carbocycles. The molecule has 1 atom stereocenters. The van der Waals surface area contributed by atoms with Crippen molar-refractivity contribution in [2.75, 3.05) is 7.11 Å².